The van der Waals surface area contributed by atoms with Crippen molar-refractivity contribution >= 4 is 23.2 Å². The van der Waals surface area contributed by atoms with Crippen molar-refractivity contribution in [2.45, 2.75) is 25.2 Å². The summed E-state index contributed by atoms with van der Waals surface area (Å²) in [6.45, 7) is 2.01. The highest BCUT2D eigenvalue weighted by molar-refractivity contribution is 6.35. The van der Waals surface area contributed by atoms with E-state index < -0.39 is 0 Å². The Morgan fingerprint density at radius 1 is 1.25 bits per heavy atom. The molecule has 2 heterocycles. The van der Waals surface area contributed by atoms with Crippen LogP contribution in [0.1, 0.15) is 36.0 Å². The normalized spacial score (nSPS) is 16.5. The van der Waals surface area contributed by atoms with Gasteiger partial charge in [0.25, 0.3) is 0 Å². The van der Waals surface area contributed by atoms with Gasteiger partial charge in [-0.05, 0) is 43.6 Å². The zero-order chi connectivity index (χ0) is 13.9. The minimum atomic E-state index is 0.373. The highest BCUT2D eigenvalue weighted by Crippen LogP contribution is 2.25. The van der Waals surface area contributed by atoms with Crippen molar-refractivity contribution in [2.24, 2.45) is 0 Å². The second-order valence-corrected chi connectivity index (χ2v) is 5.83. The molecule has 1 aliphatic heterocycles. The van der Waals surface area contributed by atoms with Crippen LogP contribution in [0.4, 0.5) is 0 Å². The monoisotopic (exact) mass is 311 g/mol. The van der Waals surface area contributed by atoms with Gasteiger partial charge >= 0.3 is 0 Å². The maximum absolute atomic E-state index is 6.16. The summed E-state index contributed by atoms with van der Waals surface area (Å²) in [5, 5.41) is 8.63. The van der Waals surface area contributed by atoms with Crippen molar-refractivity contribution in [3.05, 3.63) is 45.5 Å². The van der Waals surface area contributed by atoms with Gasteiger partial charge in [0.05, 0.1) is 0 Å². The number of rotatable bonds is 3. The molecule has 3 rings (SSSR count). The first-order chi connectivity index (χ1) is 9.72. The first kappa shape index (κ1) is 13.9. The van der Waals surface area contributed by atoms with E-state index in [1.165, 1.54) is 0 Å². The summed E-state index contributed by atoms with van der Waals surface area (Å²) in [5.41, 5.74) is 0.953. The molecular weight excluding hydrogens is 297 g/mol. The molecule has 0 saturated carbocycles. The quantitative estimate of drug-likeness (QED) is 0.943. The first-order valence-electron chi connectivity index (χ1n) is 6.69. The predicted molar refractivity (Wildman–Crippen MR) is 78.4 cm³/mol. The third kappa shape index (κ3) is 3.14. The zero-order valence-corrected chi connectivity index (χ0v) is 12.4. The van der Waals surface area contributed by atoms with Crippen molar-refractivity contribution in [3.63, 3.8) is 0 Å². The van der Waals surface area contributed by atoms with Crippen LogP contribution in [0.5, 0.6) is 0 Å². The Kier molecular flexibility index (Phi) is 4.24. The standard InChI is InChI=1S/C14H15Cl2N3O/c15-11-2-1-10(12(16)8-11)7-13-18-14(20-19-13)9-3-5-17-6-4-9/h1-2,8-9,17H,3-7H2. The number of hydrogen-bond acceptors (Lipinski definition) is 4. The third-order valence-corrected chi connectivity index (χ3v) is 4.12. The van der Waals surface area contributed by atoms with E-state index in [2.05, 4.69) is 15.5 Å². The number of hydrogen-bond donors (Lipinski definition) is 1. The smallest absolute Gasteiger partial charge is 0.229 e. The molecule has 0 atom stereocenters. The molecule has 2 aromatic rings. The molecule has 1 N–H and O–H groups in total. The maximum Gasteiger partial charge on any atom is 0.229 e. The largest absolute Gasteiger partial charge is 0.339 e. The van der Waals surface area contributed by atoms with Crippen LogP contribution in [0, 0.1) is 0 Å². The van der Waals surface area contributed by atoms with Gasteiger partial charge in [-0.25, -0.2) is 0 Å². The van der Waals surface area contributed by atoms with Crippen LogP contribution in [-0.4, -0.2) is 23.2 Å². The Hall–Kier alpha value is -1.10. The predicted octanol–water partition coefficient (Wildman–Crippen LogP) is 3.43. The molecule has 1 fully saturated rings. The Morgan fingerprint density at radius 3 is 2.80 bits per heavy atom. The van der Waals surface area contributed by atoms with Crippen LogP contribution in [-0.2, 0) is 6.42 Å². The van der Waals surface area contributed by atoms with E-state index in [4.69, 9.17) is 27.7 Å². The molecule has 4 nitrogen and oxygen atoms in total. The van der Waals surface area contributed by atoms with Crippen molar-refractivity contribution in [1.29, 1.82) is 0 Å². The van der Waals surface area contributed by atoms with E-state index in [9.17, 15) is 0 Å². The molecule has 1 aliphatic rings. The summed E-state index contributed by atoms with van der Waals surface area (Å²) in [7, 11) is 0. The first-order valence-corrected chi connectivity index (χ1v) is 7.45. The van der Waals surface area contributed by atoms with Crippen LogP contribution >= 0.6 is 23.2 Å². The third-order valence-electron chi connectivity index (χ3n) is 3.54. The molecular formula is C14H15Cl2N3O. The molecule has 0 spiro atoms. The molecule has 1 saturated heterocycles. The summed E-state index contributed by atoms with van der Waals surface area (Å²) in [4.78, 5) is 4.50. The molecule has 0 unspecified atom stereocenters. The van der Waals surface area contributed by atoms with Gasteiger partial charge in [0.15, 0.2) is 5.82 Å². The van der Waals surface area contributed by atoms with E-state index >= 15 is 0 Å². The van der Waals surface area contributed by atoms with Crippen molar-refractivity contribution < 1.29 is 4.52 Å². The number of nitrogens with one attached hydrogen (secondary N) is 1. The van der Waals surface area contributed by atoms with Gasteiger partial charge in [0.2, 0.25) is 5.89 Å². The number of piperidine rings is 1. The second-order valence-electron chi connectivity index (χ2n) is 4.99. The number of benzene rings is 1. The van der Waals surface area contributed by atoms with Crippen LogP contribution in [0.15, 0.2) is 22.7 Å². The van der Waals surface area contributed by atoms with Crippen LogP contribution < -0.4 is 5.32 Å². The summed E-state index contributed by atoms with van der Waals surface area (Å²) < 4.78 is 5.38. The molecule has 0 aliphatic carbocycles. The fourth-order valence-corrected chi connectivity index (χ4v) is 2.88. The van der Waals surface area contributed by atoms with Gasteiger partial charge in [-0.1, -0.05) is 34.4 Å². The van der Waals surface area contributed by atoms with Gasteiger partial charge < -0.3 is 9.84 Å². The molecule has 0 radical (unpaired) electrons. The van der Waals surface area contributed by atoms with E-state index in [-0.39, 0.29) is 0 Å². The Morgan fingerprint density at radius 2 is 2.05 bits per heavy atom. The zero-order valence-electron chi connectivity index (χ0n) is 10.9. The fourth-order valence-electron chi connectivity index (χ4n) is 2.41. The highest BCUT2D eigenvalue weighted by Gasteiger charge is 2.21. The molecule has 20 heavy (non-hydrogen) atoms. The van der Waals surface area contributed by atoms with Gasteiger partial charge in [-0.3, -0.25) is 0 Å². The lowest BCUT2D eigenvalue weighted by atomic mass is 9.98. The van der Waals surface area contributed by atoms with Crippen molar-refractivity contribution in [3.8, 4) is 0 Å². The molecule has 1 aromatic carbocycles. The van der Waals surface area contributed by atoms with Crippen LogP contribution in [0.2, 0.25) is 10.0 Å². The average Bonchev–Trinajstić information content (AvgIpc) is 2.92. The fraction of sp³-hybridized carbons (Fsp3) is 0.429. The van der Waals surface area contributed by atoms with Gasteiger partial charge in [0, 0.05) is 22.4 Å². The van der Waals surface area contributed by atoms with E-state index in [1.807, 2.05) is 12.1 Å². The van der Waals surface area contributed by atoms with Crippen LogP contribution in [0.3, 0.4) is 0 Å². The molecule has 0 amide bonds. The van der Waals surface area contributed by atoms with Crippen molar-refractivity contribution in [2.75, 3.05) is 13.1 Å². The Labute approximate surface area is 127 Å². The molecule has 106 valence electrons. The van der Waals surface area contributed by atoms with E-state index in [0.717, 1.165) is 37.4 Å². The Balaban J connectivity index is 1.73. The lowest BCUT2D eigenvalue weighted by Gasteiger charge is -2.18. The number of nitrogens with zero attached hydrogens (tertiary/aromatic N) is 2. The molecule has 1 aromatic heterocycles. The minimum Gasteiger partial charge on any atom is -0.339 e. The SMILES string of the molecule is Clc1ccc(Cc2noc(C3CCNCC3)n2)c(Cl)c1. The van der Waals surface area contributed by atoms with E-state index in [1.54, 1.807) is 6.07 Å². The number of aromatic nitrogens is 2. The lowest BCUT2D eigenvalue weighted by molar-refractivity contribution is 0.318. The maximum atomic E-state index is 6.16. The average molecular weight is 312 g/mol. The summed E-state index contributed by atoms with van der Waals surface area (Å²) in [6.07, 6.45) is 2.65. The lowest BCUT2D eigenvalue weighted by Crippen LogP contribution is -2.26. The molecule has 0 bridgehead atoms. The van der Waals surface area contributed by atoms with E-state index in [0.29, 0.717) is 28.2 Å². The Bertz CT molecular complexity index is 594. The van der Waals surface area contributed by atoms with Gasteiger partial charge in [0.1, 0.15) is 0 Å². The summed E-state index contributed by atoms with van der Waals surface area (Å²) in [6, 6.07) is 5.44. The van der Waals surface area contributed by atoms with Crippen LogP contribution in [0.25, 0.3) is 0 Å². The summed E-state index contributed by atoms with van der Waals surface area (Å²) in [5.74, 6) is 1.78. The topological polar surface area (TPSA) is 51.0 Å². The van der Waals surface area contributed by atoms with Gasteiger partial charge in [-0.2, -0.15) is 4.98 Å². The highest BCUT2D eigenvalue weighted by atomic mass is 35.5. The second kappa shape index (κ2) is 6.12. The number of halogens is 2. The van der Waals surface area contributed by atoms with Crippen molar-refractivity contribution in [1.82, 2.24) is 15.5 Å². The molecule has 6 heteroatoms. The van der Waals surface area contributed by atoms with Gasteiger partial charge in [-0.15, -0.1) is 0 Å². The summed E-state index contributed by atoms with van der Waals surface area (Å²) >= 11 is 12.0. The minimum absolute atomic E-state index is 0.373.